The number of imidazole rings is 1. The Morgan fingerprint density at radius 3 is 2.16 bits per heavy atom. The van der Waals surface area contributed by atoms with Crippen LogP contribution in [0, 0.1) is 0 Å². The van der Waals surface area contributed by atoms with E-state index in [4.69, 9.17) is 0 Å². The molecule has 2 rings (SSSR count). The van der Waals surface area contributed by atoms with Gasteiger partial charge < -0.3 is 0 Å². The highest BCUT2D eigenvalue weighted by Crippen LogP contribution is 2.49. The molecular weight excluding hydrogens is 283 g/mol. The van der Waals surface area contributed by atoms with Crippen molar-refractivity contribution in [3.8, 4) is 0 Å². The van der Waals surface area contributed by atoms with E-state index < -0.39 is 28.2 Å². The summed E-state index contributed by atoms with van der Waals surface area (Å²) in [6.07, 6.45) is -5.06. The van der Waals surface area contributed by atoms with Gasteiger partial charge >= 0.3 is 18.1 Å². The molecule has 0 amide bonds. The molecule has 10 heteroatoms. The molecule has 0 saturated carbocycles. The number of halogens is 7. The number of hydrogen-bond donors (Lipinski definition) is 0. The molecule has 2 heterocycles. The van der Waals surface area contributed by atoms with E-state index in [1.165, 1.54) is 0 Å². The van der Waals surface area contributed by atoms with Crippen molar-refractivity contribution in [3.05, 3.63) is 24.7 Å². The first kappa shape index (κ1) is 13.6. The Balaban J connectivity index is 2.62. The molecule has 0 atom stereocenters. The fourth-order valence-electron chi connectivity index (χ4n) is 1.40. The monoisotopic (exact) mass is 287 g/mol. The highest BCUT2D eigenvalue weighted by atomic mass is 19.4. The van der Waals surface area contributed by atoms with Crippen LogP contribution < -0.4 is 0 Å². The maximum Gasteiger partial charge on any atom is 0.462 e. The Kier molecular flexibility index (Phi) is 2.72. The van der Waals surface area contributed by atoms with Gasteiger partial charge in [0.05, 0.1) is 5.52 Å². The average molecular weight is 287 g/mol. The van der Waals surface area contributed by atoms with Gasteiger partial charge in [0.1, 0.15) is 6.33 Å². The highest BCUT2D eigenvalue weighted by Gasteiger charge is 2.74. The summed E-state index contributed by atoms with van der Waals surface area (Å²) >= 11 is 0. The fraction of sp³-hybridized carbons (Fsp3) is 0.333. The van der Waals surface area contributed by atoms with Crippen molar-refractivity contribution in [1.82, 2.24) is 14.5 Å². The van der Waals surface area contributed by atoms with E-state index in [9.17, 15) is 30.7 Å². The van der Waals surface area contributed by atoms with Crippen LogP contribution in [0.2, 0.25) is 0 Å². The molecule has 0 radical (unpaired) electrons. The van der Waals surface area contributed by atoms with E-state index in [0.29, 0.717) is 0 Å². The Morgan fingerprint density at radius 1 is 0.947 bits per heavy atom. The molecule has 0 aliphatic heterocycles. The van der Waals surface area contributed by atoms with Crippen LogP contribution in [-0.4, -0.2) is 26.6 Å². The fourth-order valence-corrected chi connectivity index (χ4v) is 1.40. The molecule has 0 unspecified atom stereocenters. The van der Waals surface area contributed by atoms with Gasteiger partial charge in [-0.15, -0.1) is 0 Å². The van der Waals surface area contributed by atoms with E-state index in [1.807, 2.05) is 0 Å². The standard InChI is InChI=1S/C9H4F7N3/c10-7(11,8(12,13)14)9(15,16)19-4-18-6-5(19)2-1-3-17-6/h1-4H. The number of nitrogens with zero attached hydrogens (tertiary/aromatic N) is 3. The number of alkyl halides is 7. The minimum absolute atomic E-state index is 0.192. The minimum atomic E-state index is -6.39. The molecule has 104 valence electrons. The number of pyridine rings is 1. The first-order valence-corrected chi connectivity index (χ1v) is 4.70. The molecule has 0 saturated heterocycles. The lowest BCUT2D eigenvalue weighted by Gasteiger charge is -2.28. The SMILES string of the molecule is FC(F)(F)C(F)(F)C(F)(F)n1cnc2ncccc21. The summed E-state index contributed by atoms with van der Waals surface area (Å²) in [5.74, 6) is -6.23. The van der Waals surface area contributed by atoms with Gasteiger partial charge in [0.2, 0.25) is 0 Å². The summed E-state index contributed by atoms with van der Waals surface area (Å²) in [5.41, 5.74) is -0.989. The second-order valence-corrected chi connectivity index (χ2v) is 3.57. The quantitative estimate of drug-likeness (QED) is 0.794. The first-order chi connectivity index (χ1) is 8.59. The largest absolute Gasteiger partial charge is 0.462 e. The first-order valence-electron chi connectivity index (χ1n) is 4.70. The Morgan fingerprint density at radius 2 is 1.58 bits per heavy atom. The molecule has 0 aliphatic rings. The van der Waals surface area contributed by atoms with Gasteiger partial charge in [0, 0.05) is 6.20 Å². The van der Waals surface area contributed by atoms with Gasteiger partial charge in [-0.3, -0.25) is 4.57 Å². The predicted octanol–water partition coefficient (Wildman–Crippen LogP) is 3.18. The van der Waals surface area contributed by atoms with Crippen LogP contribution in [-0.2, 0) is 6.05 Å². The van der Waals surface area contributed by atoms with Gasteiger partial charge in [-0.1, -0.05) is 0 Å². The van der Waals surface area contributed by atoms with Crippen LogP contribution in [0.15, 0.2) is 24.7 Å². The molecule has 0 N–H and O–H groups in total. The summed E-state index contributed by atoms with van der Waals surface area (Å²) in [7, 11) is 0. The molecule has 0 aromatic carbocycles. The van der Waals surface area contributed by atoms with Crippen molar-refractivity contribution in [3.63, 3.8) is 0 Å². The van der Waals surface area contributed by atoms with Gasteiger partial charge in [0.25, 0.3) is 0 Å². The molecule has 0 spiro atoms. The van der Waals surface area contributed by atoms with Crippen LogP contribution in [0.1, 0.15) is 0 Å². The zero-order valence-corrected chi connectivity index (χ0v) is 8.80. The lowest BCUT2D eigenvalue weighted by atomic mass is 10.2. The van der Waals surface area contributed by atoms with E-state index in [-0.39, 0.29) is 12.0 Å². The van der Waals surface area contributed by atoms with Gasteiger partial charge in [-0.2, -0.15) is 30.7 Å². The topological polar surface area (TPSA) is 30.7 Å². The zero-order valence-electron chi connectivity index (χ0n) is 8.80. The summed E-state index contributed by atoms with van der Waals surface area (Å²) in [6, 6.07) is -3.49. The number of rotatable bonds is 2. The molecule has 3 nitrogen and oxygen atoms in total. The molecule has 0 aliphatic carbocycles. The lowest BCUT2D eigenvalue weighted by molar-refractivity contribution is -0.379. The third-order valence-corrected chi connectivity index (χ3v) is 2.36. The number of hydrogen-bond acceptors (Lipinski definition) is 2. The zero-order chi connectivity index (χ0) is 14.5. The van der Waals surface area contributed by atoms with Crippen molar-refractivity contribution in [2.75, 3.05) is 0 Å². The van der Waals surface area contributed by atoms with E-state index in [2.05, 4.69) is 9.97 Å². The van der Waals surface area contributed by atoms with E-state index in [1.54, 1.807) is 0 Å². The maximum atomic E-state index is 13.4. The van der Waals surface area contributed by atoms with Gasteiger partial charge in [-0.05, 0) is 12.1 Å². The Bertz CT molecular complexity index is 601. The van der Waals surface area contributed by atoms with E-state index >= 15 is 0 Å². The van der Waals surface area contributed by atoms with E-state index in [0.717, 1.165) is 18.3 Å². The maximum absolute atomic E-state index is 13.4. The van der Waals surface area contributed by atoms with Crippen molar-refractivity contribution < 1.29 is 30.7 Å². The summed E-state index contributed by atoms with van der Waals surface area (Å²) in [6.45, 7) is 0. The van der Waals surface area contributed by atoms with Crippen LogP contribution in [0.25, 0.3) is 11.2 Å². The molecule has 2 aromatic rings. The van der Waals surface area contributed by atoms with Gasteiger partial charge in [-0.25, -0.2) is 9.97 Å². The smallest absolute Gasteiger partial charge is 0.263 e. The van der Waals surface area contributed by atoms with Crippen molar-refractivity contribution in [2.45, 2.75) is 18.1 Å². The third kappa shape index (κ3) is 1.81. The van der Waals surface area contributed by atoms with Crippen LogP contribution >= 0.6 is 0 Å². The number of fused-ring (bicyclic) bond motifs is 1. The Hall–Kier alpha value is -1.87. The summed E-state index contributed by atoms with van der Waals surface area (Å²) in [4.78, 5) is 6.72. The minimum Gasteiger partial charge on any atom is -0.263 e. The average Bonchev–Trinajstić information content (AvgIpc) is 2.71. The highest BCUT2D eigenvalue weighted by molar-refractivity contribution is 5.70. The summed E-state index contributed by atoms with van der Waals surface area (Å²) < 4.78 is 88.1. The second-order valence-electron chi connectivity index (χ2n) is 3.57. The van der Waals surface area contributed by atoms with Gasteiger partial charge in [0.15, 0.2) is 5.65 Å². The summed E-state index contributed by atoms with van der Waals surface area (Å²) in [5, 5.41) is 0. The van der Waals surface area contributed by atoms with Crippen LogP contribution in [0.4, 0.5) is 30.7 Å². The molecule has 0 fully saturated rings. The van der Waals surface area contributed by atoms with Crippen molar-refractivity contribution in [2.24, 2.45) is 0 Å². The molecule has 2 aromatic heterocycles. The predicted molar refractivity (Wildman–Crippen MR) is 48.7 cm³/mol. The molecule has 19 heavy (non-hydrogen) atoms. The molecule has 0 bridgehead atoms. The van der Waals surface area contributed by atoms with Crippen LogP contribution in [0.5, 0.6) is 0 Å². The second kappa shape index (κ2) is 3.81. The lowest BCUT2D eigenvalue weighted by Crippen LogP contribution is -2.52. The Labute approximate surface area is 100 Å². The third-order valence-electron chi connectivity index (χ3n) is 2.36. The van der Waals surface area contributed by atoms with Crippen LogP contribution in [0.3, 0.4) is 0 Å². The molecular formula is C9H4F7N3. The normalized spacial score (nSPS) is 14.1. The number of aromatic nitrogens is 3. The van der Waals surface area contributed by atoms with Crippen molar-refractivity contribution >= 4 is 11.2 Å². The van der Waals surface area contributed by atoms with Crippen molar-refractivity contribution in [1.29, 1.82) is 0 Å².